The van der Waals surface area contributed by atoms with Crippen molar-refractivity contribution in [2.45, 2.75) is 25.3 Å². The molecular weight excluding hydrogens is 236 g/mol. The Morgan fingerprint density at radius 1 is 1.56 bits per heavy atom. The lowest BCUT2D eigenvalue weighted by Crippen LogP contribution is -2.57. The molecule has 0 aromatic heterocycles. The number of carboxylic acids is 1. The van der Waals surface area contributed by atoms with Gasteiger partial charge in [0.15, 0.2) is 0 Å². The fourth-order valence-electron chi connectivity index (χ4n) is 1.84. The molecule has 1 unspecified atom stereocenters. The zero-order valence-corrected chi connectivity index (χ0v) is 10.6. The summed E-state index contributed by atoms with van der Waals surface area (Å²) in [5.41, 5.74) is -1.23. The van der Waals surface area contributed by atoms with Crippen molar-refractivity contribution in [3.05, 3.63) is 12.7 Å². The normalized spacial score (nSPS) is 17.7. The third-order valence-corrected chi connectivity index (χ3v) is 3.21. The molecule has 3 N–H and O–H groups in total. The Labute approximate surface area is 106 Å². The standard InChI is InChI=1S/C12H20N2O4/c1-3-6-14(7-8-15)11(18)13-12(2,10(16)17)9-4-5-9/h3,9,15H,1,4-8H2,2H3,(H,13,18)(H,16,17). The quantitative estimate of drug-likeness (QED) is 0.576. The largest absolute Gasteiger partial charge is 0.480 e. The maximum atomic E-state index is 12.0. The maximum absolute atomic E-state index is 12.0. The Bertz CT molecular complexity index is 341. The van der Waals surface area contributed by atoms with Gasteiger partial charge in [0.25, 0.3) is 0 Å². The van der Waals surface area contributed by atoms with E-state index in [1.54, 1.807) is 0 Å². The first-order valence-corrected chi connectivity index (χ1v) is 5.98. The van der Waals surface area contributed by atoms with E-state index in [9.17, 15) is 14.7 Å². The summed E-state index contributed by atoms with van der Waals surface area (Å²) in [6, 6.07) is -0.485. The molecular formula is C12H20N2O4. The topological polar surface area (TPSA) is 89.9 Å². The fraction of sp³-hybridized carbons (Fsp3) is 0.667. The van der Waals surface area contributed by atoms with E-state index in [1.165, 1.54) is 17.9 Å². The first-order chi connectivity index (χ1) is 8.45. The molecule has 0 bridgehead atoms. The highest BCUT2D eigenvalue weighted by Gasteiger charge is 2.49. The van der Waals surface area contributed by atoms with Crippen molar-refractivity contribution in [3.63, 3.8) is 0 Å². The van der Waals surface area contributed by atoms with E-state index >= 15 is 0 Å². The van der Waals surface area contributed by atoms with Gasteiger partial charge < -0.3 is 20.4 Å². The first-order valence-electron chi connectivity index (χ1n) is 5.98. The number of carbonyl (C=O) groups is 2. The van der Waals surface area contributed by atoms with Gasteiger partial charge in [0.1, 0.15) is 5.54 Å². The number of aliphatic carboxylic acids is 1. The number of rotatable bonds is 7. The van der Waals surface area contributed by atoms with Crippen LogP contribution in [0.25, 0.3) is 0 Å². The predicted octanol–water partition coefficient (Wildman–Crippen LogP) is 0.430. The number of nitrogens with zero attached hydrogens (tertiary/aromatic N) is 1. The van der Waals surface area contributed by atoms with Gasteiger partial charge in [-0.25, -0.2) is 9.59 Å². The second kappa shape index (κ2) is 5.86. The lowest BCUT2D eigenvalue weighted by molar-refractivity contribution is -0.144. The summed E-state index contributed by atoms with van der Waals surface area (Å²) in [4.78, 5) is 24.6. The van der Waals surface area contributed by atoms with Gasteiger partial charge in [-0.1, -0.05) is 6.08 Å². The summed E-state index contributed by atoms with van der Waals surface area (Å²) < 4.78 is 0. The number of urea groups is 1. The molecule has 1 atom stereocenters. The lowest BCUT2D eigenvalue weighted by Gasteiger charge is -2.30. The van der Waals surface area contributed by atoms with Gasteiger partial charge in [0, 0.05) is 13.1 Å². The molecule has 6 heteroatoms. The number of aliphatic hydroxyl groups is 1. The molecule has 0 heterocycles. The van der Waals surface area contributed by atoms with Crippen molar-refractivity contribution in [2.75, 3.05) is 19.7 Å². The molecule has 6 nitrogen and oxygen atoms in total. The second-order valence-electron chi connectivity index (χ2n) is 4.67. The molecule has 2 amide bonds. The Morgan fingerprint density at radius 2 is 2.17 bits per heavy atom. The summed E-state index contributed by atoms with van der Waals surface area (Å²) in [5.74, 6) is -1.04. The van der Waals surface area contributed by atoms with Crippen LogP contribution in [0.3, 0.4) is 0 Å². The average molecular weight is 256 g/mol. The van der Waals surface area contributed by atoms with Crippen LogP contribution < -0.4 is 5.32 Å². The summed E-state index contributed by atoms with van der Waals surface area (Å²) in [5, 5.41) is 20.7. The lowest BCUT2D eigenvalue weighted by atomic mass is 9.96. The van der Waals surface area contributed by atoms with Crippen molar-refractivity contribution in [3.8, 4) is 0 Å². The highest BCUT2D eigenvalue weighted by atomic mass is 16.4. The van der Waals surface area contributed by atoms with Gasteiger partial charge in [-0.3, -0.25) is 0 Å². The van der Waals surface area contributed by atoms with Crippen LogP contribution in [-0.4, -0.2) is 52.3 Å². The first kappa shape index (κ1) is 14.5. The Kier molecular flexibility index (Phi) is 4.72. The minimum atomic E-state index is -1.23. The Hall–Kier alpha value is -1.56. The molecule has 0 radical (unpaired) electrons. The molecule has 1 aliphatic carbocycles. The molecule has 102 valence electrons. The minimum absolute atomic E-state index is 0.0151. The van der Waals surface area contributed by atoms with E-state index in [2.05, 4.69) is 11.9 Å². The number of nitrogens with one attached hydrogen (secondary N) is 1. The highest BCUT2D eigenvalue weighted by molar-refractivity contribution is 5.86. The summed E-state index contributed by atoms with van der Waals surface area (Å²) in [6.07, 6.45) is 3.15. The van der Waals surface area contributed by atoms with Crippen molar-refractivity contribution >= 4 is 12.0 Å². The number of aliphatic hydroxyl groups excluding tert-OH is 1. The van der Waals surface area contributed by atoms with E-state index < -0.39 is 17.5 Å². The smallest absolute Gasteiger partial charge is 0.329 e. The van der Waals surface area contributed by atoms with Gasteiger partial charge in [-0.05, 0) is 25.7 Å². The van der Waals surface area contributed by atoms with E-state index in [4.69, 9.17) is 5.11 Å². The van der Waals surface area contributed by atoms with Crippen LogP contribution in [0.5, 0.6) is 0 Å². The zero-order chi connectivity index (χ0) is 13.8. The van der Waals surface area contributed by atoms with E-state index in [0.29, 0.717) is 0 Å². The molecule has 0 saturated heterocycles. The molecule has 1 rings (SSSR count). The van der Waals surface area contributed by atoms with Gasteiger partial charge in [0.05, 0.1) is 6.61 Å². The van der Waals surface area contributed by atoms with Gasteiger partial charge in [-0.15, -0.1) is 6.58 Å². The summed E-state index contributed by atoms with van der Waals surface area (Å²) >= 11 is 0. The molecule has 0 spiro atoms. The van der Waals surface area contributed by atoms with E-state index in [0.717, 1.165) is 12.8 Å². The van der Waals surface area contributed by atoms with Crippen molar-refractivity contribution < 1.29 is 19.8 Å². The molecule has 1 aliphatic rings. The molecule has 1 saturated carbocycles. The molecule has 0 aromatic rings. The number of amides is 2. The number of hydrogen-bond acceptors (Lipinski definition) is 3. The second-order valence-corrected chi connectivity index (χ2v) is 4.67. The van der Waals surface area contributed by atoms with Crippen LogP contribution in [0, 0.1) is 5.92 Å². The SMILES string of the molecule is C=CCN(CCO)C(=O)NC(C)(C(=O)O)C1CC1. The molecule has 0 aromatic carbocycles. The average Bonchev–Trinajstić information content (AvgIpc) is 3.12. The molecule has 1 fully saturated rings. The zero-order valence-electron chi connectivity index (χ0n) is 10.6. The Morgan fingerprint density at radius 3 is 2.56 bits per heavy atom. The van der Waals surface area contributed by atoms with Crippen LogP contribution in [0.1, 0.15) is 19.8 Å². The van der Waals surface area contributed by atoms with Crippen molar-refractivity contribution in [1.82, 2.24) is 10.2 Å². The third kappa shape index (κ3) is 3.22. The fourth-order valence-corrected chi connectivity index (χ4v) is 1.84. The van der Waals surface area contributed by atoms with Crippen molar-refractivity contribution in [2.24, 2.45) is 5.92 Å². The summed E-state index contributed by atoms with van der Waals surface area (Å²) in [6.45, 7) is 5.30. The minimum Gasteiger partial charge on any atom is -0.480 e. The van der Waals surface area contributed by atoms with Crippen LogP contribution >= 0.6 is 0 Å². The summed E-state index contributed by atoms with van der Waals surface area (Å²) in [7, 11) is 0. The highest BCUT2D eigenvalue weighted by Crippen LogP contribution is 2.39. The molecule has 0 aliphatic heterocycles. The Balaban J connectivity index is 2.70. The number of carboxylic acid groups (broad SMARTS) is 1. The number of carbonyl (C=O) groups excluding carboxylic acids is 1. The van der Waals surface area contributed by atoms with Crippen LogP contribution in [-0.2, 0) is 4.79 Å². The maximum Gasteiger partial charge on any atom is 0.329 e. The van der Waals surface area contributed by atoms with Crippen LogP contribution in [0.4, 0.5) is 4.79 Å². The van der Waals surface area contributed by atoms with Gasteiger partial charge >= 0.3 is 12.0 Å². The molecule has 18 heavy (non-hydrogen) atoms. The monoisotopic (exact) mass is 256 g/mol. The third-order valence-electron chi connectivity index (χ3n) is 3.21. The van der Waals surface area contributed by atoms with Gasteiger partial charge in [0.2, 0.25) is 0 Å². The van der Waals surface area contributed by atoms with Gasteiger partial charge in [-0.2, -0.15) is 0 Å². The van der Waals surface area contributed by atoms with E-state index in [-0.39, 0.29) is 25.6 Å². The van der Waals surface area contributed by atoms with E-state index in [1.807, 2.05) is 0 Å². The predicted molar refractivity (Wildman–Crippen MR) is 66.2 cm³/mol. The number of hydrogen-bond donors (Lipinski definition) is 3. The van der Waals surface area contributed by atoms with Crippen LogP contribution in [0.2, 0.25) is 0 Å². The van der Waals surface area contributed by atoms with Crippen LogP contribution in [0.15, 0.2) is 12.7 Å². The van der Waals surface area contributed by atoms with Crippen molar-refractivity contribution in [1.29, 1.82) is 0 Å².